The highest BCUT2D eigenvalue weighted by atomic mass is 19.1. The Balaban J connectivity index is 2.37. The van der Waals surface area contributed by atoms with Gasteiger partial charge in [-0.1, -0.05) is 6.08 Å². The molecule has 1 aliphatic heterocycles. The van der Waals surface area contributed by atoms with Gasteiger partial charge in [0.05, 0.1) is 7.11 Å². The molecule has 7 heteroatoms. The SMILES string of the molecule is C=CCc1cc(C2=NC(C(=O)NO)CO2)cc(F)c1OC. The molecule has 2 N–H and O–H groups in total. The highest BCUT2D eigenvalue weighted by Gasteiger charge is 2.27. The number of amides is 1. The van der Waals surface area contributed by atoms with Gasteiger partial charge in [-0.05, 0) is 18.6 Å². The number of aliphatic imine (C=N–C) groups is 1. The summed E-state index contributed by atoms with van der Waals surface area (Å²) in [6.45, 7) is 3.61. The topological polar surface area (TPSA) is 80.2 Å². The number of allylic oxidation sites excluding steroid dienone is 1. The number of nitrogens with one attached hydrogen (secondary N) is 1. The van der Waals surface area contributed by atoms with Crippen molar-refractivity contribution in [1.82, 2.24) is 5.48 Å². The van der Waals surface area contributed by atoms with Crippen LogP contribution in [0.25, 0.3) is 0 Å². The summed E-state index contributed by atoms with van der Waals surface area (Å²) in [6, 6.07) is 2.04. The van der Waals surface area contributed by atoms with Gasteiger partial charge in [-0.15, -0.1) is 6.58 Å². The molecule has 1 aromatic carbocycles. The number of hydrogen-bond acceptors (Lipinski definition) is 5. The summed E-state index contributed by atoms with van der Waals surface area (Å²) in [5.41, 5.74) is 2.51. The van der Waals surface area contributed by atoms with E-state index in [0.29, 0.717) is 17.5 Å². The lowest BCUT2D eigenvalue weighted by Gasteiger charge is -2.10. The van der Waals surface area contributed by atoms with Gasteiger partial charge in [0, 0.05) is 11.1 Å². The van der Waals surface area contributed by atoms with Gasteiger partial charge in [0.2, 0.25) is 5.90 Å². The molecule has 0 saturated carbocycles. The number of benzene rings is 1. The van der Waals surface area contributed by atoms with Crippen molar-refractivity contribution in [3.05, 3.63) is 41.7 Å². The number of carbonyl (C=O) groups is 1. The monoisotopic (exact) mass is 294 g/mol. The Morgan fingerprint density at radius 3 is 3.10 bits per heavy atom. The fraction of sp³-hybridized carbons (Fsp3) is 0.286. The summed E-state index contributed by atoms with van der Waals surface area (Å²) < 4.78 is 24.3. The first kappa shape index (κ1) is 15.0. The lowest BCUT2D eigenvalue weighted by Crippen LogP contribution is -2.31. The maximum atomic E-state index is 14.0. The highest BCUT2D eigenvalue weighted by molar-refractivity contribution is 5.98. The molecule has 0 aromatic heterocycles. The number of halogens is 1. The number of nitrogens with zero attached hydrogens (tertiary/aromatic N) is 1. The predicted molar refractivity (Wildman–Crippen MR) is 73.1 cm³/mol. The maximum absolute atomic E-state index is 14.0. The molecule has 112 valence electrons. The molecule has 1 amide bonds. The summed E-state index contributed by atoms with van der Waals surface area (Å²) in [5, 5.41) is 8.57. The van der Waals surface area contributed by atoms with Crippen LogP contribution in [-0.4, -0.2) is 36.8 Å². The van der Waals surface area contributed by atoms with Crippen molar-refractivity contribution in [2.45, 2.75) is 12.5 Å². The Kier molecular flexibility index (Phi) is 4.54. The van der Waals surface area contributed by atoms with E-state index in [9.17, 15) is 9.18 Å². The molecule has 21 heavy (non-hydrogen) atoms. The number of ether oxygens (including phenoxy) is 2. The Hall–Kier alpha value is -2.41. The zero-order valence-electron chi connectivity index (χ0n) is 11.4. The van der Waals surface area contributed by atoms with Crippen LogP contribution in [0.3, 0.4) is 0 Å². The first-order valence-corrected chi connectivity index (χ1v) is 6.23. The third-order valence-electron chi connectivity index (χ3n) is 3.00. The lowest BCUT2D eigenvalue weighted by molar-refractivity contribution is -0.130. The van der Waals surface area contributed by atoms with Crippen LogP contribution < -0.4 is 10.2 Å². The van der Waals surface area contributed by atoms with Crippen molar-refractivity contribution in [3.8, 4) is 5.75 Å². The van der Waals surface area contributed by atoms with Crippen molar-refractivity contribution < 1.29 is 23.9 Å². The fourth-order valence-corrected chi connectivity index (χ4v) is 2.05. The first-order valence-electron chi connectivity index (χ1n) is 6.23. The third-order valence-corrected chi connectivity index (χ3v) is 3.00. The molecule has 0 bridgehead atoms. The second kappa shape index (κ2) is 6.36. The maximum Gasteiger partial charge on any atom is 0.271 e. The molecule has 0 aliphatic carbocycles. The number of rotatable bonds is 5. The van der Waals surface area contributed by atoms with Crippen LogP contribution in [0.4, 0.5) is 4.39 Å². The van der Waals surface area contributed by atoms with Gasteiger partial charge >= 0.3 is 0 Å². The van der Waals surface area contributed by atoms with E-state index in [-0.39, 0.29) is 18.3 Å². The highest BCUT2D eigenvalue weighted by Crippen LogP contribution is 2.26. The van der Waals surface area contributed by atoms with Crippen LogP contribution in [-0.2, 0) is 16.0 Å². The smallest absolute Gasteiger partial charge is 0.271 e. The number of hydroxylamine groups is 1. The molecule has 2 rings (SSSR count). The normalized spacial score (nSPS) is 16.9. The molecule has 1 heterocycles. The summed E-state index contributed by atoms with van der Waals surface area (Å²) in [7, 11) is 1.38. The van der Waals surface area contributed by atoms with Crippen molar-refractivity contribution in [1.29, 1.82) is 0 Å². The van der Waals surface area contributed by atoms with E-state index in [0.717, 1.165) is 0 Å². The summed E-state index contributed by atoms with van der Waals surface area (Å²) in [4.78, 5) is 15.3. The number of hydrogen-bond donors (Lipinski definition) is 2. The second-order valence-electron chi connectivity index (χ2n) is 4.38. The van der Waals surface area contributed by atoms with E-state index >= 15 is 0 Å². The van der Waals surface area contributed by atoms with Crippen molar-refractivity contribution >= 4 is 11.8 Å². The molecule has 0 radical (unpaired) electrons. The summed E-state index contributed by atoms with van der Waals surface area (Å²) >= 11 is 0. The lowest BCUT2D eigenvalue weighted by atomic mass is 10.1. The van der Waals surface area contributed by atoms with Gasteiger partial charge in [0.1, 0.15) is 6.61 Å². The van der Waals surface area contributed by atoms with E-state index in [2.05, 4.69) is 11.6 Å². The van der Waals surface area contributed by atoms with Crippen molar-refractivity contribution in [3.63, 3.8) is 0 Å². The number of carbonyl (C=O) groups excluding carboxylic acids is 1. The van der Waals surface area contributed by atoms with Gasteiger partial charge in [0.15, 0.2) is 17.6 Å². The third kappa shape index (κ3) is 3.03. The van der Waals surface area contributed by atoms with Gasteiger partial charge in [-0.3, -0.25) is 10.0 Å². The van der Waals surface area contributed by atoms with Gasteiger partial charge in [-0.2, -0.15) is 0 Å². The number of methoxy groups -OCH3 is 1. The van der Waals surface area contributed by atoms with Crippen LogP contribution in [0, 0.1) is 5.82 Å². The average molecular weight is 294 g/mol. The fourth-order valence-electron chi connectivity index (χ4n) is 2.05. The Bertz CT molecular complexity index is 601. The molecule has 0 fully saturated rings. The Morgan fingerprint density at radius 2 is 2.48 bits per heavy atom. The molecular weight excluding hydrogens is 279 g/mol. The predicted octanol–water partition coefficient (Wildman–Crippen LogP) is 1.21. The van der Waals surface area contributed by atoms with Crippen molar-refractivity contribution in [2.75, 3.05) is 13.7 Å². The zero-order chi connectivity index (χ0) is 15.4. The van der Waals surface area contributed by atoms with E-state index in [1.165, 1.54) is 18.7 Å². The summed E-state index contributed by atoms with van der Waals surface area (Å²) in [5.74, 6) is -0.934. The minimum absolute atomic E-state index is 0.00777. The molecule has 6 nitrogen and oxygen atoms in total. The first-order chi connectivity index (χ1) is 10.1. The van der Waals surface area contributed by atoms with Crippen molar-refractivity contribution in [2.24, 2.45) is 4.99 Å². The minimum Gasteiger partial charge on any atom is -0.493 e. The van der Waals surface area contributed by atoms with Crippen LogP contribution in [0.5, 0.6) is 5.75 Å². The van der Waals surface area contributed by atoms with Crippen LogP contribution >= 0.6 is 0 Å². The molecule has 0 spiro atoms. The molecule has 0 saturated heterocycles. The van der Waals surface area contributed by atoms with Crippen LogP contribution in [0.1, 0.15) is 11.1 Å². The van der Waals surface area contributed by atoms with E-state index in [1.807, 2.05) is 0 Å². The molecule has 1 atom stereocenters. The molecule has 1 unspecified atom stereocenters. The van der Waals surface area contributed by atoms with Crippen LogP contribution in [0.2, 0.25) is 0 Å². The largest absolute Gasteiger partial charge is 0.493 e. The zero-order valence-corrected chi connectivity index (χ0v) is 11.4. The van der Waals surface area contributed by atoms with E-state index < -0.39 is 17.8 Å². The molecular formula is C14H15FN2O4. The average Bonchev–Trinajstić information content (AvgIpc) is 2.96. The summed E-state index contributed by atoms with van der Waals surface area (Å²) in [6.07, 6.45) is 2.04. The standard InChI is InChI=1S/C14H15FN2O4/c1-3-4-8-5-9(6-10(15)12(8)20-2)14-16-11(7-21-14)13(18)17-19/h3,5-6,11,19H,1,4,7H2,2H3,(H,17,18). The van der Waals surface area contributed by atoms with Gasteiger partial charge < -0.3 is 9.47 Å². The van der Waals surface area contributed by atoms with Crippen LogP contribution in [0.15, 0.2) is 29.8 Å². The quantitative estimate of drug-likeness (QED) is 0.486. The van der Waals surface area contributed by atoms with E-state index in [1.54, 1.807) is 12.1 Å². The van der Waals surface area contributed by atoms with Gasteiger partial charge in [0.25, 0.3) is 5.91 Å². The van der Waals surface area contributed by atoms with E-state index in [4.69, 9.17) is 14.7 Å². The minimum atomic E-state index is -0.849. The Labute approximate surface area is 120 Å². The Morgan fingerprint density at radius 1 is 1.71 bits per heavy atom. The molecule has 1 aliphatic rings. The second-order valence-corrected chi connectivity index (χ2v) is 4.38. The molecule has 1 aromatic rings. The van der Waals surface area contributed by atoms with Gasteiger partial charge in [-0.25, -0.2) is 14.9 Å².